The van der Waals surface area contributed by atoms with E-state index >= 15 is 4.39 Å². The van der Waals surface area contributed by atoms with Gasteiger partial charge in [0, 0.05) is 30.7 Å². The number of likely N-dealkylation sites (tertiary alicyclic amines) is 1. The Morgan fingerprint density at radius 1 is 1.20 bits per heavy atom. The highest BCUT2D eigenvalue weighted by molar-refractivity contribution is 7.89. The maximum Gasteiger partial charge on any atom is 0.350 e. The molecule has 2 fully saturated rings. The van der Waals surface area contributed by atoms with Crippen LogP contribution in [0.3, 0.4) is 0 Å². The number of carbonyl (C=O) groups is 1. The second-order valence-corrected chi connectivity index (χ2v) is 10.8. The topological polar surface area (TPSA) is 95.9 Å². The number of benzene rings is 2. The number of ether oxygens (including phenoxy) is 1. The van der Waals surface area contributed by atoms with Crippen molar-refractivity contribution < 1.29 is 36.2 Å². The van der Waals surface area contributed by atoms with Crippen LogP contribution in [0.2, 0.25) is 0 Å². The van der Waals surface area contributed by atoms with Crippen LogP contribution >= 0.6 is 0 Å². The van der Waals surface area contributed by atoms with Gasteiger partial charge in [-0.05, 0) is 30.4 Å². The SMILES string of the molecule is COC[C@H](O)C(=O)N1CC2(CC2)[C@H](NS(=O)(=O)C(F)F)[C@@H]1Cc1cccc(-c2ccccc2)c1F. The first-order chi connectivity index (χ1) is 16.6. The van der Waals surface area contributed by atoms with Crippen molar-refractivity contribution in [2.45, 2.75) is 43.2 Å². The maximum absolute atomic E-state index is 15.6. The zero-order valence-corrected chi connectivity index (χ0v) is 19.8. The number of amides is 1. The summed E-state index contributed by atoms with van der Waals surface area (Å²) in [6.45, 7) is -0.228. The van der Waals surface area contributed by atoms with E-state index in [1.54, 1.807) is 42.5 Å². The van der Waals surface area contributed by atoms with E-state index in [1.807, 2.05) is 0 Å². The highest BCUT2D eigenvalue weighted by Gasteiger charge is 2.62. The van der Waals surface area contributed by atoms with Gasteiger partial charge < -0.3 is 14.7 Å². The van der Waals surface area contributed by atoms with Crippen molar-refractivity contribution in [3.63, 3.8) is 0 Å². The molecule has 0 radical (unpaired) electrons. The summed E-state index contributed by atoms with van der Waals surface area (Å²) >= 11 is 0. The normalized spacial score (nSPS) is 22.1. The molecule has 1 amide bonds. The minimum absolute atomic E-state index is 0.0632. The smallest absolute Gasteiger partial charge is 0.350 e. The Bertz CT molecular complexity index is 1170. The Hall–Kier alpha value is -2.47. The summed E-state index contributed by atoms with van der Waals surface area (Å²) in [7, 11) is -3.67. The number of sulfonamides is 1. The van der Waals surface area contributed by atoms with Crippen molar-refractivity contribution in [2.24, 2.45) is 5.41 Å². The molecule has 2 aromatic carbocycles. The van der Waals surface area contributed by atoms with Gasteiger partial charge in [-0.3, -0.25) is 4.79 Å². The molecule has 1 saturated carbocycles. The van der Waals surface area contributed by atoms with Crippen LogP contribution in [0.4, 0.5) is 13.2 Å². The van der Waals surface area contributed by atoms with Crippen LogP contribution in [0.1, 0.15) is 18.4 Å². The number of rotatable bonds is 9. The zero-order chi connectivity index (χ0) is 25.4. The van der Waals surface area contributed by atoms with E-state index in [1.165, 1.54) is 18.1 Å². The van der Waals surface area contributed by atoms with E-state index < -0.39 is 51.1 Å². The van der Waals surface area contributed by atoms with Crippen molar-refractivity contribution in [2.75, 3.05) is 20.3 Å². The number of carbonyl (C=O) groups excluding carboxylic acids is 1. The number of hydrogen-bond donors (Lipinski definition) is 2. The average molecular weight is 513 g/mol. The molecular weight excluding hydrogens is 485 g/mol. The molecule has 2 aliphatic rings. The van der Waals surface area contributed by atoms with Crippen LogP contribution < -0.4 is 4.72 Å². The van der Waals surface area contributed by atoms with Crippen LogP contribution in [0.15, 0.2) is 48.5 Å². The van der Waals surface area contributed by atoms with Gasteiger partial charge in [0.05, 0.1) is 12.6 Å². The first-order valence-electron chi connectivity index (χ1n) is 11.2. The summed E-state index contributed by atoms with van der Waals surface area (Å²) < 4.78 is 73.2. The standard InChI is InChI=1S/C24H27F3N2O5S/c1-34-13-19(30)22(31)29-14-24(10-11-24)21(28-35(32,33)23(26)27)18(29)12-16-8-5-9-17(20(16)25)15-6-3-2-4-7-15/h2-9,18-19,21,23,28,30H,10-14H2,1H3/t18-,19-,21+/m0/s1. The number of aliphatic hydroxyl groups excluding tert-OH is 1. The molecular formula is C24H27F3N2O5S. The molecule has 7 nitrogen and oxygen atoms in total. The average Bonchev–Trinajstić information content (AvgIpc) is 3.55. The Morgan fingerprint density at radius 2 is 1.89 bits per heavy atom. The highest BCUT2D eigenvalue weighted by Crippen LogP contribution is 2.55. The summed E-state index contributed by atoms with van der Waals surface area (Å²) in [5.41, 5.74) is 0.414. The van der Waals surface area contributed by atoms with Gasteiger partial charge in [0.1, 0.15) is 5.82 Å². The molecule has 2 aromatic rings. The monoisotopic (exact) mass is 512 g/mol. The first-order valence-corrected chi connectivity index (χ1v) is 12.7. The van der Waals surface area contributed by atoms with Crippen molar-refractivity contribution in [3.8, 4) is 11.1 Å². The molecule has 0 unspecified atom stereocenters. The van der Waals surface area contributed by atoms with Crippen LogP contribution in [-0.4, -0.2) is 68.5 Å². The van der Waals surface area contributed by atoms with Gasteiger partial charge in [0.15, 0.2) is 6.10 Å². The minimum Gasteiger partial charge on any atom is -0.381 e. The summed E-state index contributed by atoms with van der Waals surface area (Å²) in [6.07, 6.45) is -0.632. The molecule has 35 heavy (non-hydrogen) atoms. The summed E-state index contributed by atoms with van der Waals surface area (Å²) in [6, 6.07) is 11.6. The number of alkyl halides is 2. The molecule has 1 spiro atoms. The number of halogens is 3. The van der Waals surface area contributed by atoms with Gasteiger partial charge in [0.2, 0.25) is 0 Å². The molecule has 4 rings (SSSR count). The van der Waals surface area contributed by atoms with Gasteiger partial charge in [-0.2, -0.15) is 8.78 Å². The van der Waals surface area contributed by atoms with E-state index in [-0.39, 0.29) is 25.1 Å². The van der Waals surface area contributed by atoms with Crippen LogP contribution in [-0.2, 0) is 26.0 Å². The largest absolute Gasteiger partial charge is 0.381 e. The molecule has 1 saturated heterocycles. The molecule has 1 heterocycles. The third kappa shape index (κ3) is 5.09. The third-order valence-electron chi connectivity index (χ3n) is 6.83. The summed E-state index contributed by atoms with van der Waals surface area (Å²) in [4.78, 5) is 14.3. The Kier molecular flexibility index (Phi) is 7.23. The van der Waals surface area contributed by atoms with Crippen LogP contribution in [0, 0.1) is 11.2 Å². The van der Waals surface area contributed by atoms with E-state index in [0.29, 0.717) is 24.0 Å². The predicted octanol–water partition coefficient (Wildman–Crippen LogP) is 2.54. The number of hydrogen-bond acceptors (Lipinski definition) is 5. The third-order valence-corrected chi connectivity index (χ3v) is 7.88. The molecule has 2 N–H and O–H groups in total. The lowest BCUT2D eigenvalue weighted by Crippen LogP contribution is -2.52. The first kappa shape index (κ1) is 25.6. The Balaban J connectivity index is 1.72. The fraction of sp³-hybridized carbons (Fsp3) is 0.458. The molecule has 1 aliphatic heterocycles. The molecule has 3 atom stereocenters. The number of aliphatic hydroxyl groups is 1. The van der Waals surface area contributed by atoms with E-state index in [0.717, 1.165) is 0 Å². The van der Waals surface area contributed by atoms with Crippen molar-refractivity contribution in [1.29, 1.82) is 0 Å². The van der Waals surface area contributed by atoms with E-state index in [4.69, 9.17) is 4.74 Å². The van der Waals surface area contributed by atoms with Crippen molar-refractivity contribution in [3.05, 3.63) is 59.9 Å². The fourth-order valence-electron chi connectivity index (χ4n) is 4.90. The maximum atomic E-state index is 15.6. The zero-order valence-electron chi connectivity index (χ0n) is 19.0. The Labute approximate surface area is 201 Å². The van der Waals surface area contributed by atoms with E-state index in [2.05, 4.69) is 4.72 Å². The van der Waals surface area contributed by atoms with Crippen molar-refractivity contribution >= 4 is 15.9 Å². The lowest BCUT2D eigenvalue weighted by molar-refractivity contribution is -0.143. The van der Waals surface area contributed by atoms with E-state index in [9.17, 15) is 27.1 Å². The van der Waals surface area contributed by atoms with Gasteiger partial charge in [-0.25, -0.2) is 17.5 Å². The van der Waals surface area contributed by atoms with Gasteiger partial charge in [-0.1, -0.05) is 48.5 Å². The van der Waals surface area contributed by atoms with Gasteiger partial charge in [-0.15, -0.1) is 0 Å². The molecule has 0 bridgehead atoms. The van der Waals surface area contributed by atoms with Crippen LogP contribution in [0.25, 0.3) is 11.1 Å². The summed E-state index contributed by atoms with van der Waals surface area (Å²) in [5.74, 6) is -4.92. The molecule has 11 heteroatoms. The quantitative estimate of drug-likeness (QED) is 0.539. The highest BCUT2D eigenvalue weighted by atomic mass is 32.2. The Morgan fingerprint density at radius 3 is 2.49 bits per heavy atom. The second kappa shape index (κ2) is 9.88. The predicted molar refractivity (Wildman–Crippen MR) is 122 cm³/mol. The lowest BCUT2D eigenvalue weighted by atomic mass is 9.91. The number of nitrogens with one attached hydrogen (secondary N) is 1. The van der Waals surface area contributed by atoms with Crippen LogP contribution in [0.5, 0.6) is 0 Å². The lowest BCUT2D eigenvalue weighted by Gasteiger charge is -2.30. The second-order valence-electron chi connectivity index (χ2n) is 9.12. The minimum atomic E-state index is -4.98. The molecule has 0 aromatic heterocycles. The van der Waals surface area contributed by atoms with Crippen molar-refractivity contribution in [1.82, 2.24) is 9.62 Å². The summed E-state index contributed by atoms with van der Waals surface area (Å²) in [5, 5.41) is 10.3. The molecule has 190 valence electrons. The fourth-order valence-corrected chi connectivity index (χ4v) is 5.76. The number of nitrogens with zero attached hydrogens (tertiary/aromatic N) is 1. The number of methoxy groups -OCH3 is 1. The molecule has 1 aliphatic carbocycles. The van der Waals surface area contributed by atoms with Gasteiger partial charge in [0.25, 0.3) is 15.9 Å². The van der Waals surface area contributed by atoms with Gasteiger partial charge >= 0.3 is 5.76 Å².